The molecule has 1 atom stereocenters. The van der Waals surface area contributed by atoms with Gasteiger partial charge in [-0.15, -0.1) is 0 Å². The van der Waals surface area contributed by atoms with E-state index >= 15 is 0 Å². The third-order valence-corrected chi connectivity index (χ3v) is 3.82. The first-order valence-corrected chi connectivity index (χ1v) is 6.90. The van der Waals surface area contributed by atoms with Crippen molar-refractivity contribution in [3.8, 4) is 0 Å². The lowest BCUT2D eigenvalue weighted by atomic mass is 9.91. The van der Waals surface area contributed by atoms with Crippen LogP contribution in [0.25, 0.3) is 0 Å². The van der Waals surface area contributed by atoms with Crippen LogP contribution in [0.2, 0.25) is 0 Å². The third-order valence-electron chi connectivity index (χ3n) is 3.82. The average molecular weight is 269 g/mol. The maximum absolute atomic E-state index is 6.06. The maximum Gasteiger partial charge on any atom is 0.0520 e. The second kappa shape index (κ2) is 6.07. The molecule has 0 saturated heterocycles. The smallest absolute Gasteiger partial charge is 0.0520 e. The van der Waals surface area contributed by atoms with Gasteiger partial charge in [-0.2, -0.15) is 0 Å². The largest absolute Gasteiger partial charge is 0.398 e. The van der Waals surface area contributed by atoms with E-state index in [1.807, 2.05) is 24.3 Å². The normalized spacial score (nSPS) is 12.4. The van der Waals surface area contributed by atoms with E-state index in [9.17, 15) is 0 Å². The third kappa shape index (κ3) is 3.00. The molecule has 2 rings (SSSR count). The number of nitrogens with two attached hydrogens (primary N) is 2. The number of hydrogen-bond donors (Lipinski definition) is 3. The van der Waals surface area contributed by atoms with Crippen LogP contribution in [0.15, 0.2) is 36.4 Å². The topological polar surface area (TPSA) is 64.1 Å². The zero-order valence-electron chi connectivity index (χ0n) is 12.4. The molecule has 0 aliphatic carbocycles. The van der Waals surface area contributed by atoms with E-state index in [2.05, 4.69) is 38.3 Å². The number of aryl methyl sites for hydroxylation is 3. The van der Waals surface area contributed by atoms with E-state index in [0.29, 0.717) is 0 Å². The number of hydrazine groups is 1. The van der Waals surface area contributed by atoms with Gasteiger partial charge in [-0.3, -0.25) is 11.3 Å². The summed E-state index contributed by atoms with van der Waals surface area (Å²) in [6.45, 7) is 6.42. The molecule has 0 bridgehead atoms. The number of benzene rings is 2. The van der Waals surface area contributed by atoms with Crippen LogP contribution < -0.4 is 17.0 Å². The van der Waals surface area contributed by atoms with Crippen molar-refractivity contribution in [1.82, 2.24) is 5.43 Å². The predicted molar refractivity (Wildman–Crippen MR) is 85.3 cm³/mol. The molecule has 0 heterocycles. The Morgan fingerprint density at radius 1 is 1.05 bits per heavy atom. The van der Waals surface area contributed by atoms with Crippen molar-refractivity contribution in [3.05, 3.63) is 64.2 Å². The predicted octanol–water partition coefficient (Wildman–Crippen LogP) is 2.94. The molecular weight excluding hydrogens is 246 g/mol. The van der Waals surface area contributed by atoms with Crippen LogP contribution >= 0.6 is 0 Å². The van der Waals surface area contributed by atoms with Gasteiger partial charge in [-0.1, -0.05) is 35.9 Å². The first-order valence-electron chi connectivity index (χ1n) is 6.90. The number of anilines is 1. The van der Waals surface area contributed by atoms with E-state index in [1.54, 1.807) is 0 Å². The molecule has 0 aromatic heterocycles. The minimum Gasteiger partial charge on any atom is -0.398 e. The molecule has 0 aliphatic rings. The van der Waals surface area contributed by atoms with Crippen molar-refractivity contribution in [1.29, 1.82) is 0 Å². The molecule has 5 N–H and O–H groups in total. The van der Waals surface area contributed by atoms with Crippen LogP contribution in [-0.2, 0) is 6.42 Å². The van der Waals surface area contributed by atoms with Crippen LogP contribution in [-0.4, -0.2) is 0 Å². The summed E-state index contributed by atoms with van der Waals surface area (Å²) in [6, 6.07) is 12.3. The Hall–Kier alpha value is -1.84. The van der Waals surface area contributed by atoms with Gasteiger partial charge in [0, 0.05) is 5.69 Å². The van der Waals surface area contributed by atoms with Gasteiger partial charge in [0.25, 0.3) is 0 Å². The van der Waals surface area contributed by atoms with Crippen LogP contribution in [0.5, 0.6) is 0 Å². The quantitative estimate of drug-likeness (QED) is 0.454. The van der Waals surface area contributed by atoms with Crippen LogP contribution in [0.4, 0.5) is 5.69 Å². The Morgan fingerprint density at radius 2 is 1.65 bits per heavy atom. The van der Waals surface area contributed by atoms with Crippen molar-refractivity contribution in [2.24, 2.45) is 5.84 Å². The lowest BCUT2D eigenvalue weighted by molar-refractivity contribution is 0.551. The fraction of sp³-hybridized carbons (Fsp3) is 0.294. The number of para-hydroxylation sites is 1. The minimum atomic E-state index is 0.0244. The lowest BCUT2D eigenvalue weighted by Crippen LogP contribution is -2.30. The van der Waals surface area contributed by atoms with Gasteiger partial charge in [0.05, 0.1) is 6.04 Å². The van der Waals surface area contributed by atoms with Crippen molar-refractivity contribution >= 4 is 5.69 Å². The van der Waals surface area contributed by atoms with Crippen molar-refractivity contribution in [3.63, 3.8) is 0 Å². The SMILES string of the molecule is Cc1cc(C)c(CC(NN)c2ccccc2N)c(C)c1. The molecule has 1 unspecified atom stereocenters. The highest BCUT2D eigenvalue weighted by molar-refractivity contribution is 5.49. The first kappa shape index (κ1) is 14.6. The van der Waals surface area contributed by atoms with Crippen molar-refractivity contribution in [2.75, 3.05) is 5.73 Å². The summed E-state index contributed by atoms with van der Waals surface area (Å²) >= 11 is 0. The number of hydrogen-bond acceptors (Lipinski definition) is 3. The molecule has 0 aliphatic heterocycles. The molecule has 2 aromatic carbocycles. The Labute approximate surface area is 121 Å². The summed E-state index contributed by atoms with van der Waals surface area (Å²) in [6.07, 6.45) is 0.836. The number of nitrogens with one attached hydrogen (secondary N) is 1. The van der Waals surface area contributed by atoms with Gasteiger partial charge < -0.3 is 5.73 Å². The molecule has 106 valence electrons. The zero-order chi connectivity index (χ0) is 14.7. The minimum absolute atomic E-state index is 0.0244. The Morgan fingerprint density at radius 3 is 2.20 bits per heavy atom. The fourth-order valence-electron chi connectivity index (χ4n) is 2.82. The van der Waals surface area contributed by atoms with Gasteiger partial charge in [-0.05, 0) is 55.5 Å². The maximum atomic E-state index is 6.06. The van der Waals surface area contributed by atoms with Crippen molar-refractivity contribution < 1.29 is 0 Å². The van der Waals surface area contributed by atoms with E-state index in [1.165, 1.54) is 22.3 Å². The Kier molecular flexibility index (Phi) is 4.42. The Balaban J connectivity index is 2.35. The Bertz CT molecular complexity index is 582. The molecule has 3 heteroatoms. The van der Waals surface area contributed by atoms with E-state index in [-0.39, 0.29) is 6.04 Å². The van der Waals surface area contributed by atoms with Gasteiger partial charge in [-0.25, -0.2) is 0 Å². The van der Waals surface area contributed by atoms with Crippen LogP contribution in [0, 0.1) is 20.8 Å². The highest BCUT2D eigenvalue weighted by atomic mass is 15.2. The fourth-order valence-corrected chi connectivity index (χ4v) is 2.82. The van der Waals surface area contributed by atoms with E-state index < -0.39 is 0 Å². The first-order chi connectivity index (χ1) is 9.52. The van der Waals surface area contributed by atoms with Crippen LogP contribution in [0.3, 0.4) is 0 Å². The summed E-state index contributed by atoms with van der Waals surface area (Å²) in [5.74, 6) is 5.75. The highest BCUT2D eigenvalue weighted by Gasteiger charge is 2.15. The average Bonchev–Trinajstić information content (AvgIpc) is 2.39. The lowest BCUT2D eigenvalue weighted by Gasteiger charge is -2.21. The standard InChI is InChI=1S/C17H23N3/c1-11-8-12(2)15(13(3)9-11)10-17(20-19)14-6-4-5-7-16(14)18/h4-9,17,20H,10,18-19H2,1-3H3. The molecule has 0 fully saturated rings. The van der Waals surface area contributed by atoms with Gasteiger partial charge in [0.1, 0.15) is 0 Å². The van der Waals surface area contributed by atoms with E-state index in [0.717, 1.165) is 17.7 Å². The van der Waals surface area contributed by atoms with Gasteiger partial charge in [0.2, 0.25) is 0 Å². The van der Waals surface area contributed by atoms with Crippen molar-refractivity contribution in [2.45, 2.75) is 33.2 Å². The number of nitrogen functional groups attached to an aromatic ring is 1. The molecule has 20 heavy (non-hydrogen) atoms. The summed E-state index contributed by atoms with van der Waals surface area (Å²) < 4.78 is 0. The molecule has 2 aromatic rings. The molecule has 0 radical (unpaired) electrons. The summed E-state index contributed by atoms with van der Waals surface area (Å²) in [4.78, 5) is 0. The van der Waals surface area contributed by atoms with E-state index in [4.69, 9.17) is 11.6 Å². The number of rotatable bonds is 4. The van der Waals surface area contributed by atoms with Gasteiger partial charge >= 0.3 is 0 Å². The van der Waals surface area contributed by atoms with Gasteiger partial charge in [0.15, 0.2) is 0 Å². The second-order valence-electron chi connectivity index (χ2n) is 5.43. The molecular formula is C17H23N3. The second-order valence-corrected chi connectivity index (χ2v) is 5.43. The summed E-state index contributed by atoms with van der Waals surface area (Å²) in [7, 11) is 0. The van der Waals surface area contributed by atoms with Crippen LogP contribution in [0.1, 0.15) is 33.9 Å². The molecule has 0 spiro atoms. The monoisotopic (exact) mass is 269 g/mol. The molecule has 0 amide bonds. The molecule has 3 nitrogen and oxygen atoms in total. The zero-order valence-corrected chi connectivity index (χ0v) is 12.4. The molecule has 0 saturated carbocycles. The summed E-state index contributed by atoms with van der Waals surface area (Å²) in [5.41, 5.74) is 16.0. The highest BCUT2D eigenvalue weighted by Crippen LogP contribution is 2.26. The summed E-state index contributed by atoms with van der Waals surface area (Å²) in [5, 5.41) is 0.